The number of imidazole rings is 3. The Morgan fingerprint density at radius 1 is 0.450 bits per heavy atom. The van der Waals surface area contributed by atoms with Gasteiger partial charge in [0.25, 0.3) is 0 Å². The smallest absolute Gasteiger partial charge is 0.394 e. The van der Waals surface area contributed by atoms with Crippen LogP contribution in [-0.2, 0) is 141 Å². The number of aliphatic hydroxyl groups excluding tert-OH is 9. The molecule has 6 aliphatic rings. The maximum Gasteiger partial charge on any atom is 0.472 e. The van der Waals surface area contributed by atoms with Crippen molar-refractivity contribution in [3.8, 4) is 0 Å². The van der Waals surface area contributed by atoms with Crippen molar-refractivity contribution in [3.05, 3.63) is 38.0 Å². The molecule has 6 saturated heterocycles. The van der Waals surface area contributed by atoms with Gasteiger partial charge >= 0.3 is 23.2 Å². The number of nitrogens with one attached hydrogen (secondary N) is 4. The third-order valence-electron chi connectivity index (χ3n) is 24.7. The number of nitrogen functional groups attached to an aromatic ring is 3. The van der Waals surface area contributed by atoms with Gasteiger partial charge in [0, 0.05) is 78.5 Å². The highest BCUT2D eigenvalue weighted by molar-refractivity contribution is 7.54. The largest absolute Gasteiger partial charge is 0.472 e. The molecule has 0 bridgehead atoms. The SMILES string of the molecule is CC(=O)N[C@H]1[C@H](OCCCCC(=O)NCCOCCOCO[C@H]2[C@H](n3cnc4c(N)ncnc43)O[C@H](COP(=O)(O)O)[C@]2(C)P(=O)(O)OC[C@H]2O[C@@H](n3cnc4c(N)ncnc43)[C@H](OCOCCOCCNC(=O)CCCCO[C@H]3C[C@@H](O)[C@@H](O)[C@@H](CO)O3)[C@@H]2OP(=O)(O)OC[C@H]2O[C@@H](n3cnc4c(N)ncnc43)[C@H](OCOCCOCCNC(=O)CCCCO[C@H]3C[C@@H](O)[C@@H](O)[C@@H](CO)O3)[C@@H]2OC(C)C)O[C@H](CO)[C@H](O)[C@@H]1O. The number of carbonyl (C=O) groups is 4. The molecule has 6 aliphatic heterocycles. The normalized spacial score (nSPS) is 29.2. The van der Waals surface area contributed by atoms with Gasteiger partial charge in [-0.2, -0.15) is 0 Å². The molecule has 0 spiro atoms. The Morgan fingerprint density at radius 3 is 1.30 bits per heavy atom. The standard InChI is InChI=1S/C84H136N19O43P3/c1-46(2)139-69-53(142-80(101-40-97-62-74(85)91-37-94-77(62)101)71(69)133-43-127-26-23-124-20-14-88-56(110)11-5-8-17-130-59-29-48(108)65(113)50(31-104)140-59)35-138-149(122,123)146-70-54(143-81(102-41-98-63-75(86)92-38-95-78(63)102)72(70)134-44-128-27-24-125-21-15-89-57(111)12-6-9-18-131-60-30-49(109)66(114)51(32-105)141-60)34-136-147(117,118)84(4)55(36-137-148(119,120)121)145-82(103-42-99-64-76(87)93-39-96-79(64)103)73(84)135-45-129-28-25-126-22-16-90-58(112)13-7-10-19-132-83-61(100-47(3)107)68(116)67(115)52(33-106)144-83/h37-42,46,48-55,59-61,65-73,80-83,104-106,108-109,113-116H,5-36,43-45H2,1-4H3,(H,88,110)(H,89,111)(H,90,112)(H,100,107)(H,117,118)(H,122,123)(H2,85,91,94)(H2,86,92,95)(H2,87,93,96)(H2,119,120,121)/t48-,49-,50-,51-,52-,53-,54-,55-,59-,60-,61-,65-,66-,67+,68-,69-,70-,71-,72-,73+,80-,81-,82-,83-,84+/m1/s1. The molecule has 6 fully saturated rings. The van der Waals surface area contributed by atoms with Crippen LogP contribution >= 0.6 is 23.2 Å². The zero-order valence-electron chi connectivity index (χ0n) is 82.1. The van der Waals surface area contributed by atoms with Crippen molar-refractivity contribution in [1.29, 1.82) is 0 Å². The van der Waals surface area contributed by atoms with Crippen LogP contribution in [0.1, 0.15) is 117 Å². The van der Waals surface area contributed by atoms with Crippen LogP contribution in [0.2, 0.25) is 0 Å². The van der Waals surface area contributed by atoms with Crippen molar-refractivity contribution in [3.63, 3.8) is 0 Å². The number of fused-ring (bicyclic) bond motifs is 3. The van der Waals surface area contributed by atoms with Crippen LogP contribution in [0.5, 0.6) is 0 Å². The van der Waals surface area contributed by atoms with Gasteiger partial charge in [0.2, 0.25) is 23.6 Å². The topological polar surface area (TPSA) is 852 Å². The lowest BCUT2D eigenvalue weighted by Crippen LogP contribution is -2.64. The Labute approximate surface area is 851 Å². The number of nitrogens with two attached hydrogens (primary N) is 3. The number of aliphatic hydroxyl groups is 9. The van der Waals surface area contributed by atoms with E-state index < -0.39 is 248 Å². The Balaban J connectivity index is 0.733. The van der Waals surface area contributed by atoms with Gasteiger partial charge < -0.3 is 199 Å². The average molecular weight is 2190 g/mol. The van der Waals surface area contributed by atoms with E-state index in [2.05, 4.69) is 66.1 Å². The van der Waals surface area contributed by atoms with Crippen LogP contribution in [0.25, 0.3) is 33.5 Å². The lowest BCUT2D eigenvalue weighted by Gasteiger charge is -2.42. The van der Waals surface area contributed by atoms with Crippen LogP contribution in [0, 0.1) is 0 Å². The molecule has 12 heterocycles. The molecule has 0 aromatic carbocycles. The molecule has 65 heteroatoms. The fourth-order valence-electron chi connectivity index (χ4n) is 17.0. The van der Waals surface area contributed by atoms with E-state index >= 15 is 9.13 Å². The number of hydrogen-bond donors (Lipinski definition) is 20. The van der Waals surface area contributed by atoms with Crippen LogP contribution < -0.4 is 38.5 Å². The first kappa shape index (κ1) is 120. The summed E-state index contributed by atoms with van der Waals surface area (Å²) in [6.07, 6.45) is -22.8. The van der Waals surface area contributed by atoms with E-state index in [4.69, 9.17) is 125 Å². The molecule has 149 heavy (non-hydrogen) atoms. The zero-order chi connectivity index (χ0) is 107. The van der Waals surface area contributed by atoms with E-state index in [-0.39, 0.29) is 200 Å². The Bertz CT molecular complexity index is 5290. The van der Waals surface area contributed by atoms with E-state index in [1.807, 2.05) is 0 Å². The molecule has 0 aliphatic carbocycles. The summed E-state index contributed by atoms with van der Waals surface area (Å²) in [6.45, 7) is -1.20. The molecular formula is C84H136N19O43P3. The van der Waals surface area contributed by atoms with Crippen LogP contribution in [0.3, 0.4) is 0 Å². The van der Waals surface area contributed by atoms with Gasteiger partial charge in [-0.15, -0.1) is 0 Å². The molecule has 0 saturated carbocycles. The molecule has 12 rings (SSSR count). The predicted octanol–water partition coefficient (Wildman–Crippen LogP) is -5.05. The maximum absolute atomic E-state index is 16.2. The molecule has 6 aromatic rings. The Kier molecular flexibility index (Phi) is 46.7. The Hall–Kier alpha value is -7.82. The number of aromatic nitrogens is 12. The number of phosphoric acid groups is 2. The molecule has 0 radical (unpaired) electrons. The van der Waals surface area contributed by atoms with E-state index in [0.717, 1.165) is 25.9 Å². The van der Waals surface area contributed by atoms with Gasteiger partial charge in [0.05, 0.1) is 136 Å². The first-order chi connectivity index (χ1) is 71.4. The molecule has 6 aromatic heterocycles. The first-order valence-electron chi connectivity index (χ1n) is 48.3. The fourth-order valence-corrected chi connectivity index (χ4v) is 19.9. The summed E-state index contributed by atoms with van der Waals surface area (Å²) in [7, 11) is -17.0. The second-order valence-corrected chi connectivity index (χ2v) is 40.5. The van der Waals surface area contributed by atoms with E-state index in [1.54, 1.807) is 13.8 Å². The molecular weight excluding hydrogens is 2060 g/mol. The summed E-state index contributed by atoms with van der Waals surface area (Å²) < 4.78 is 186. The highest BCUT2D eigenvalue weighted by Gasteiger charge is 2.67. The maximum atomic E-state index is 16.2. The summed E-state index contributed by atoms with van der Waals surface area (Å²) in [4.78, 5) is 135. The number of rotatable bonds is 66. The lowest BCUT2D eigenvalue weighted by atomic mass is 9.97. The number of amides is 4. The highest BCUT2D eigenvalue weighted by atomic mass is 31.2. The fraction of sp³-hybridized carbons (Fsp3) is 0.774. The average Bonchev–Trinajstić information content (AvgIpc) is 1.56. The highest BCUT2D eigenvalue weighted by Crippen LogP contribution is 2.66. The van der Waals surface area contributed by atoms with E-state index in [0.29, 0.717) is 38.5 Å². The predicted molar refractivity (Wildman–Crippen MR) is 502 cm³/mol. The number of unbranched alkanes of at least 4 members (excludes halogenated alkanes) is 3. The van der Waals surface area contributed by atoms with E-state index in [9.17, 15) is 89.3 Å². The zero-order valence-corrected chi connectivity index (χ0v) is 84.8. The van der Waals surface area contributed by atoms with Crippen molar-refractivity contribution in [2.24, 2.45) is 0 Å². The van der Waals surface area contributed by atoms with Crippen molar-refractivity contribution in [2.45, 2.75) is 257 Å². The summed E-state index contributed by atoms with van der Waals surface area (Å²) in [5.74, 6) is -1.71. The summed E-state index contributed by atoms with van der Waals surface area (Å²) in [5, 5.41) is 98.0. The number of carbonyl (C=O) groups excluding carboxylic acids is 4. The van der Waals surface area contributed by atoms with Crippen molar-refractivity contribution in [1.82, 2.24) is 79.8 Å². The van der Waals surface area contributed by atoms with Crippen molar-refractivity contribution in [2.75, 3.05) is 176 Å². The third-order valence-corrected chi connectivity index (χ3v) is 28.4. The van der Waals surface area contributed by atoms with Gasteiger partial charge in [-0.3, -0.25) is 51.0 Å². The van der Waals surface area contributed by atoms with Gasteiger partial charge in [-0.25, -0.2) is 54.0 Å². The molecule has 27 atom stereocenters. The number of phosphoric ester groups is 2. The Morgan fingerprint density at radius 2 is 0.859 bits per heavy atom. The van der Waals surface area contributed by atoms with Gasteiger partial charge in [-0.05, 0) is 59.3 Å². The van der Waals surface area contributed by atoms with E-state index in [1.165, 1.54) is 39.6 Å². The third kappa shape index (κ3) is 33.4. The first-order valence-corrected chi connectivity index (χ1v) is 52.9. The summed E-state index contributed by atoms with van der Waals surface area (Å²) >= 11 is 0. The summed E-state index contributed by atoms with van der Waals surface area (Å²) in [5.41, 5.74) is 19.1. The summed E-state index contributed by atoms with van der Waals surface area (Å²) in [6, 6.07) is -1.15. The van der Waals surface area contributed by atoms with Crippen molar-refractivity contribution >= 4 is 97.8 Å². The van der Waals surface area contributed by atoms with Gasteiger partial charge in [-0.1, -0.05) is 0 Å². The lowest BCUT2D eigenvalue weighted by molar-refractivity contribution is -0.270. The molecule has 23 N–H and O–H groups in total. The molecule has 4 amide bonds. The minimum Gasteiger partial charge on any atom is -0.394 e. The minimum absolute atomic E-state index is 0.00167. The van der Waals surface area contributed by atoms with Gasteiger partial charge in [0.1, 0.15) is 159 Å². The van der Waals surface area contributed by atoms with Gasteiger partial charge in [0.15, 0.2) is 71.9 Å². The quantitative estimate of drug-likeness (QED) is 0.00965. The molecule has 840 valence electrons. The minimum atomic E-state index is -5.77. The second-order valence-electron chi connectivity index (χ2n) is 35.6. The second kappa shape index (κ2) is 58.1. The van der Waals surface area contributed by atoms with Crippen LogP contribution in [-0.4, -0.2) is 447 Å². The monoisotopic (exact) mass is 2190 g/mol. The molecule has 2 unspecified atom stereocenters. The number of anilines is 3. The number of hydrogen-bond acceptors (Lipinski definition) is 51. The number of nitrogens with zero attached hydrogens (tertiary/aromatic N) is 12. The van der Waals surface area contributed by atoms with Crippen LogP contribution in [0.4, 0.5) is 17.5 Å². The molecule has 62 nitrogen and oxygen atoms in total. The van der Waals surface area contributed by atoms with Crippen LogP contribution in [0.15, 0.2) is 38.0 Å². The number of ether oxygens (including phenoxy) is 19. The van der Waals surface area contributed by atoms with Crippen molar-refractivity contribution < 1.29 is 207 Å².